The van der Waals surface area contributed by atoms with Crippen LogP contribution in [0.4, 0.5) is 11.5 Å². The molecule has 0 radical (unpaired) electrons. The van der Waals surface area contributed by atoms with Crippen LogP contribution in [0.1, 0.15) is 27.6 Å². The summed E-state index contributed by atoms with van der Waals surface area (Å²) in [6.07, 6.45) is 0. The molecule has 0 atom stereocenters. The van der Waals surface area contributed by atoms with Crippen molar-refractivity contribution in [2.45, 2.75) is 25.7 Å². The molecule has 0 aliphatic rings. The first-order valence-electron chi connectivity index (χ1n) is 10.2. The van der Waals surface area contributed by atoms with Gasteiger partial charge in [0.25, 0.3) is 15.9 Å². The summed E-state index contributed by atoms with van der Waals surface area (Å²) < 4.78 is 27.8. The fourth-order valence-electron chi connectivity index (χ4n) is 3.31. The molecule has 1 amide bonds. The SMILES string of the molecule is Cc1ccc(O)c(-c2cc(C(=O)Nc3ccc(S(=O)(=O)Nc4cc(C)nc(C)n4)cc3)[nH]n2)c1. The molecule has 34 heavy (non-hydrogen) atoms. The molecule has 0 saturated carbocycles. The highest BCUT2D eigenvalue weighted by molar-refractivity contribution is 7.92. The van der Waals surface area contributed by atoms with Crippen molar-refractivity contribution in [2.75, 3.05) is 10.0 Å². The van der Waals surface area contributed by atoms with Gasteiger partial charge in [-0.05, 0) is 63.2 Å². The summed E-state index contributed by atoms with van der Waals surface area (Å²) in [6, 6.07) is 13.9. The maximum atomic E-state index is 12.7. The lowest BCUT2D eigenvalue weighted by molar-refractivity contribution is 0.102. The van der Waals surface area contributed by atoms with Crippen molar-refractivity contribution >= 4 is 27.4 Å². The lowest BCUT2D eigenvalue weighted by Gasteiger charge is -2.09. The van der Waals surface area contributed by atoms with Crippen LogP contribution < -0.4 is 10.0 Å². The first kappa shape index (κ1) is 22.9. The van der Waals surface area contributed by atoms with Gasteiger partial charge in [0.1, 0.15) is 23.1 Å². The zero-order valence-corrected chi connectivity index (χ0v) is 19.4. The van der Waals surface area contributed by atoms with Gasteiger partial charge >= 0.3 is 0 Å². The van der Waals surface area contributed by atoms with E-state index in [4.69, 9.17) is 0 Å². The van der Waals surface area contributed by atoms with Crippen LogP contribution in [-0.4, -0.2) is 39.6 Å². The normalized spacial score (nSPS) is 11.3. The Morgan fingerprint density at radius 3 is 2.41 bits per heavy atom. The molecular formula is C23H22N6O4S. The summed E-state index contributed by atoms with van der Waals surface area (Å²) in [5, 5.41) is 19.5. The predicted molar refractivity (Wildman–Crippen MR) is 127 cm³/mol. The number of benzene rings is 2. The Hall–Kier alpha value is -4.25. The molecule has 0 bridgehead atoms. The number of aromatic nitrogens is 4. The van der Waals surface area contributed by atoms with E-state index in [0.717, 1.165) is 5.56 Å². The van der Waals surface area contributed by atoms with Gasteiger partial charge in [-0.25, -0.2) is 18.4 Å². The number of nitrogens with zero attached hydrogens (tertiary/aromatic N) is 3. The van der Waals surface area contributed by atoms with Crippen LogP contribution in [0, 0.1) is 20.8 Å². The second-order valence-corrected chi connectivity index (χ2v) is 9.40. The smallest absolute Gasteiger partial charge is 0.273 e. The molecule has 0 aliphatic heterocycles. The topological polar surface area (TPSA) is 150 Å². The molecule has 10 nitrogen and oxygen atoms in total. The number of sulfonamides is 1. The summed E-state index contributed by atoms with van der Waals surface area (Å²) in [5.41, 5.74) is 3.09. The number of carbonyl (C=O) groups excluding carboxylic acids is 1. The van der Waals surface area contributed by atoms with Crippen molar-refractivity contribution in [3.05, 3.63) is 77.4 Å². The monoisotopic (exact) mass is 478 g/mol. The van der Waals surface area contributed by atoms with E-state index in [1.165, 1.54) is 36.4 Å². The number of hydrogen-bond donors (Lipinski definition) is 4. The van der Waals surface area contributed by atoms with E-state index in [2.05, 4.69) is 30.2 Å². The quantitative estimate of drug-likeness (QED) is 0.331. The van der Waals surface area contributed by atoms with Gasteiger partial charge in [-0.3, -0.25) is 14.6 Å². The molecule has 2 aromatic carbocycles. The Kier molecular flexibility index (Phi) is 6.03. The van der Waals surface area contributed by atoms with Gasteiger partial charge in [-0.15, -0.1) is 0 Å². The highest BCUT2D eigenvalue weighted by Gasteiger charge is 2.17. The Bertz CT molecular complexity index is 1460. The third kappa shape index (κ3) is 5.04. The molecule has 4 N–H and O–H groups in total. The van der Waals surface area contributed by atoms with Crippen molar-refractivity contribution in [1.82, 2.24) is 20.2 Å². The molecule has 0 aliphatic carbocycles. The van der Waals surface area contributed by atoms with Gasteiger partial charge in [-0.1, -0.05) is 11.6 Å². The van der Waals surface area contributed by atoms with E-state index >= 15 is 0 Å². The lowest BCUT2D eigenvalue weighted by atomic mass is 10.1. The van der Waals surface area contributed by atoms with E-state index in [-0.39, 0.29) is 22.2 Å². The van der Waals surface area contributed by atoms with Crippen molar-refractivity contribution in [3.8, 4) is 17.0 Å². The molecule has 11 heteroatoms. The average molecular weight is 479 g/mol. The third-order valence-electron chi connectivity index (χ3n) is 4.88. The first-order valence-corrected chi connectivity index (χ1v) is 11.7. The number of aromatic hydroxyl groups is 1. The van der Waals surface area contributed by atoms with Gasteiger partial charge in [0, 0.05) is 23.0 Å². The van der Waals surface area contributed by atoms with E-state index in [1.54, 1.807) is 32.0 Å². The molecule has 0 fully saturated rings. The van der Waals surface area contributed by atoms with E-state index in [0.29, 0.717) is 28.5 Å². The number of H-pyrrole nitrogens is 1. The van der Waals surface area contributed by atoms with Gasteiger partial charge in [-0.2, -0.15) is 5.10 Å². The maximum absolute atomic E-state index is 12.7. The van der Waals surface area contributed by atoms with Gasteiger partial charge < -0.3 is 10.4 Å². The molecule has 4 rings (SSSR count). The highest BCUT2D eigenvalue weighted by Crippen LogP contribution is 2.29. The number of aryl methyl sites for hydroxylation is 3. The Labute approximate surface area is 196 Å². The number of phenols is 1. The number of amides is 1. The summed E-state index contributed by atoms with van der Waals surface area (Å²) in [4.78, 5) is 20.8. The number of aromatic amines is 1. The number of phenolic OH excluding ortho intramolecular Hbond substituents is 1. The van der Waals surface area contributed by atoms with Crippen molar-refractivity contribution in [3.63, 3.8) is 0 Å². The predicted octanol–water partition coefficient (Wildman–Crippen LogP) is 3.55. The molecular weight excluding hydrogens is 456 g/mol. The molecule has 2 aromatic heterocycles. The summed E-state index contributed by atoms with van der Waals surface area (Å²) in [5.74, 6) is 0.223. The first-order chi connectivity index (χ1) is 16.1. The number of hydrogen-bond acceptors (Lipinski definition) is 7. The van der Waals surface area contributed by atoms with Crippen molar-refractivity contribution < 1.29 is 18.3 Å². The van der Waals surface area contributed by atoms with Crippen LogP contribution in [0.5, 0.6) is 5.75 Å². The minimum Gasteiger partial charge on any atom is -0.507 e. The summed E-state index contributed by atoms with van der Waals surface area (Å²) in [7, 11) is -3.87. The second-order valence-electron chi connectivity index (χ2n) is 7.71. The molecule has 2 heterocycles. The standard InChI is InChI=1S/C23H22N6O4S/c1-13-4-9-21(30)18(10-13)19-12-20(28-27-19)23(31)26-16-5-7-17(8-6-16)34(32,33)29-22-11-14(2)24-15(3)25-22/h4-12,30H,1-3H3,(H,26,31)(H,27,28)(H,24,25,29). The van der Waals surface area contributed by atoms with E-state index in [9.17, 15) is 18.3 Å². The van der Waals surface area contributed by atoms with Crippen LogP contribution in [0.15, 0.2) is 59.5 Å². The van der Waals surface area contributed by atoms with Crippen molar-refractivity contribution in [1.29, 1.82) is 0 Å². The number of nitrogens with one attached hydrogen (secondary N) is 3. The minimum atomic E-state index is -3.87. The maximum Gasteiger partial charge on any atom is 0.273 e. The fourth-order valence-corrected chi connectivity index (χ4v) is 4.30. The number of anilines is 2. The second kappa shape index (κ2) is 8.94. The minimum absolute atomic E-state index is 0.0122. The molecule has 0 saturated heterocycles. The lowest BCUT2D eigenvalue weighted by Crippen LogP contribution is -2.15. The summed E-state index contributed by atoms with van der Waals surface area (Å²) in [6.45, 7) is 5.31. The van der Waals surface area contributed by atoms with Gasteiger partial charge in [0.05, 0.1) is 10.6 Å². The number of rotatable bonds is 6. The van der Waals surface area contributed by atoms with E-state index in [1.807, 2.05) is 6.92 Å². The molecule has 174 valence electrons. The van der Waals surface area contributed by atoms with Crippen molar-refractivity contribution in [2.24, 2.45) is 0 Å². The largest absolute Gasteiger partial charge is 0.507 e. The zero-order valence-electron chi connectivity index (χ0n) is 18.6. The fraction of sp³-hybridized carbons (Fsp3) is 0.130. The van der Waals surface area contributed by atoms with Crippen LogP contribution in [-0.2, 0) is 10.0 Å². The summed E-state index contributed by atoms with van der Waals surface area (Å²) >= 11 is 0. The Morgan fingerprint density at radius 2 is 1.71 bits per heavy atom. The molecule has 0 spiro atoms. The molecule has 0 unspecified atom stereocenters. The zero-order chi connectivity index (χ0) is 24.5. The van der Waals surface area contributed by atoms with Gasteiger partial charge in [0.15, 0.2) is 0 Å². The van der Waals surface area contributed by atoms with Gasteiger partial charge in [0.2, 0.25) is 0 Å². The van der Waals surface area contributed by atoms with E-state index < -0.39 is 15.9 Å². The molecule has 4 aromatic rings. The van der Waals surface area contributed by atoms with Crippen LogP contribution in [0.25, 0.3) is 11.3 Å². The Morgan fingerprint density at radius 1 is 0.971 bits per heavy atom. The number of carbonyl (C=O) groups is 1. The Balaban J connectivity index is 1.47. The average Bonchev–Trinajstić information content (AvgIpc) is 3.25. The third-order valence-corrected chi connectivity index (χ3v) is 6.25. The highest BCUT2D eigenvalue weighted by atomic mass is 32.2. The van der Waals surface area contributed by atoms with Crippen LogP contribution in [0.2, 0.25) is 0 Å². The van der Waals surface area contributed by atoms with Crippen LogP contribution >= 0.6 is 0 Å². The van der Waals surface area contributed by atoms with Crippen LogP contribution in [0.3, 0.4) is 0 Å².